The second kappa shape index (κ2) is 4.92. The van der Waals surface area contributed by atoms with Crippen molar-refractivity contribution in [3.05, 3.63) is 35.0 Å². The van der Waals surface area contributed by atoms with E-state index in [-0.39, 0.29) is 5.54 Å². The number of aliphatic hydroxyl groups excluding tert-OH is 1. The largest absolute Gasteiger partial charge is 0.458 e. The van der Waals surface area contributed by atoms with E-state index in [4.69, 9.17) is 16.0 Å². The Labute approximate surface area is 112 Å². The van der Waals surface area contributed by atoms with E-state index in [1.54, 1.807) is 6.07 Å². The number of furan rings is 1. The molecule has 0 aliphatic rings. The summed E-state index contributed by atoms with van der Waals surface area (Å²) < 4.78 is 5.60. The lowest BCUT2D eigenvalue weighted by atomic mass is 10.1. The highest BCUT2D eigenvalue weighted by atomic mass is 35.5. The zero-order chi connectivity index (χ0) is 13.3. The number of aliphatic hydroxyl groups is 1. The van der Waals surface area contributed by atoms with E-state index >= 15 is 0 Å². The molecule has 1 unspecified atom stereocenters. The molecule has 1 heterocycles. The van der Waals surface area contributed by atoms with Gasteiger partial charge >= 0.3 is 0 Å². The van der Waals surface area contributed by atoms with Gasteiger partial charge < -0.3 is 14.8 Å². The Hall–Kier alpha value is -1.03. The van der Waals surface area contributed by atoms with Crippen molar-refractivity contribution in [2.45, 2.75) is 32.4 Å². The van der Waals surface area contributed by atoms with Gasteiger partial charge in [0.25, 0.3) is 0 Å². The fourth-order valence-corrected chi connectivity index (χ4v) is 1.88. The van der Waals surface area contributed by atoms with Gasteiger partial charge in [0.05, 0.1) is 0 Å². The van der Waals surface area contributed by atoms with E-state index in [1.165, 1.54) is 0 Å². The molecule has 0 amide bonds. The molecule has 0 aliphatic heterocycles. The minimum atomic E-state index is -0.657. The molecule has 18 heavy (non-hydrogen) atoms. The molecule has 2 N–H and O–H groups in total. The van der Waals surface area contributed by atoms with Gasteiger partial charge in [0.2, 0.25) is 0 Å². The van der Waals surface area contributed by atoms with Crippen LogP contribution in [0.3, 0.4) is 0 Å². The fourth-order valence-electron chi connectivity index (χ4n) is 1.70. The Bertz CT molecular complexity index is 542. The first-order chi connectivity index (χ1) is 8.35. The van der Waals surface area contributed by atoms with E-state index in [2.05, 4.69) is 26.1 Å². The number of halogens is 1. The summed E-state index contributed by atoms with van der Waals surface area (Å²) >= 11 is 5.91. The molecular weight excluding hydrogens is 250 g/mol. The molecule has 0 saturated heterocycles. The maximum Gasteiger partial charge on any atom is 0.135 e. The van der Waals surface area contributed by atoms with Crippen LogP contribution in [0.25, 0.3) is 11.0 Å². The molecule has 0 saturated carbocycles. The summed E-state index contributed by atoms with van der Waals surface area (Å²) in [5, 5.41) is 14.9. The van der Waals surface area contributed by atoms with Gasteiger partial charge in [-0.05, 0) is 45.0 Å². The first-order valence-electron chi connectivity index (χ1n) is 5.97. The number of hydrogen-bond acceptors (Lipinski definition) is 3. The zero-order valence-corrected chi connectivity index (χ0v) is 11.6. The Kier molecular flexibility index (Phi) is 3.66. The van der Waals surface area contributed by atoms with E-state index < -0.39 is 6.10 Å². The van der Waals surface area contributed by atoms with Crippen LogP contribution in [0.5, 0.6) is 0 Å². The predicted octanol–water partition coefficient (Wildman–Crippen LogP) is 3.51. The van der Waals surface area contributed by atoms with E-state index in [9.17, 15) is 5.11 Å². The first kappa shape index (κ1) is 13.4. The van der Waals surface area contributed by atoms with Crippen molar-refractivity contribution in [1.29, 1.82) is 0 Å². The van der Waals surface area contributed by atoms with Crippen molar-refractivity contribution in [3.63, 3.8) is 0 Å². The lowest BCUT2D eigenvalue weighted by Crippen LogP contribution is -2.38. The summed E-state index contributed by atoms with van der Waals surface area (Å²) in [5.74, 6) is 0.559. The number of nitrogens with one attached hydrogen (secondary N) is 1. The predicted molar refractivity (Wildman–Crippen MR) is 73.9 cm³/mol. The molecule has 1 aromatic heterocycles. The van der Waals surface area contributed by atoms with Crippen LogP contribution < -0.4 is 5.32 Å². The van der Waals surface area contributed by atoms with Crippen LogP contribution in [0.2, 0.25) is 5.02 Å². The summed E-state index contributed by atoms with van der Waals surface area (Å²) in [6, 6.07) is 7.24. The van der Waals surface area contributed by atoms with Crippen molar-refractivity contribution in [1.82, 2.24) is 5.32 Å². The minimum absolute atomic E-state index is 0.0314. The highest BCUT2D eigenvalue weighted by molar-refractivity contribution is 6.31. The SMILES string of the molecule is CC(C)(C)NCC(O)c1cc2cc(Cl)ccc2o1. The van der Waals surface area contributed by atoms with Gasteiger partial charge in [-0.2, -0.15) is 0 Å². The molecule has 4 heteroatoms. The maximum atomic E-state index is 10.1. The smallest absolute Gasteiger partial charge is 0.135 e. The van der Waals surface area contributed by atoms with Crippen LogP contribution in [0.4, 0.5) is 0 Å². The van der Waals surface area contributed by atoms with Crippen LogP contribution in [-0.4, -0.2) is 17.2 Å². The average Bonchev–Trinajstić information content (AvgIpc) is 2.67. The number of fused-ring (bicyclic) bond motifs is 1. The van der Waals surface area contributed by atoms with Crippen molar-refractivity contribution >= 4 is 22.6 Å². The minimum Gasteiger partial charge on any atom is -0.458 e. The van der Waals surface area contributed by atoms with Gasteiger partial charge in [-0.15, -0.1) is 0 Å². The molecule has 3 nitrogen and oxygen atoms in total. The average molecular weight is 268 g/mol. The molecule has 2 rings (SSSR count). The van der Waals surface area contributed by atoms with Gasteiger partial charge in [-0.3, -0.25) is 0 Å². The van der Waals surface area contributed by atoms with Gasteiger partial charge in [-0.25, -0.2) is 0 Å². The van der Waals surface area contributed by atoms with E-state index in [0.717, 1.165) is 11.0 Å². The van der Waals surface area contributed by atoms with Gasteiger partial charge in [-0.1, -0.05) is 11.6 Å². The second-order valence-corrected chi connectivity index (χ2v) is 5.91. The number of β-amino-alcohol motifs (C(OH)–C–C–N with tert-alkyl or cyclic N) is 1. The lowest BCUT2D eigenvalue weighted by molar-refractivity contribution is 0.140. The number of benzene rings is 1. The molecule has 0 spiro atoms. The van der Waals surface area contributed by atoms with Gasteiger partial charge in [0, 0.05) is 22.5 Å². The highest BCUT2D eigenvalue weighted by Gasteiger charge is 2.16. The lowest BCUT2D eigenvalue weighted by Gasteiger charge is -2.22. The summed E-state index contributed by atoms with van der Waals surface area (Å²) in [6.45, 7) is 6.62. The summed E-state index contributed by atoms with van der Waals surface area (Å²) in [6.07, 6.45) is -0.657. The topological polar surface area (TPSA) is 45.4 Å². The molecular formula is C14H18ClNO2. The first-order valence-corrected chi connectivity index (χ1v) is 6.35. The highest BCUT2D eigenvalue weighted by Crippen LogP contribution is 2.26. The monoisotopic (exact) mass is 267 g/mol. The summed E-state index contributed by atoms with van der Waals surface area (Å²) in [7, 11) is 0. The standard InChI is InChI=1S/C14H18ClNO2/c1-14(2,3)16-8-11(17)13-7-9-6-10(15)4-5-12(9)18-13/h4-7,11,16-17H,8H2,1-3H3. The van der Waals surface area contributed by atoms with Crippen LogP contribution in [0.15, 0.2) is 28.7 Å². The van der Waals surface area contributed by atoms with Crippen LogP contribution in [0, 0.1) is 0 Å². The third kappa shape index (κ3) is 3.25. The maximum absolute atomic E-state index is 10.1. The number of hydrogen-bond donors (Lipinski definition) is 2. The Morgan fingerprint density at radius 3 is 2.72 bits per heavy atom. The van der Waals surface area contributed by atoms with Crippen molar-refractivity contribution < 1.29 is 9.52 Å². The quantitative estimate of drug-likeness (QED) is 0.895. The third-order valence-corrected chi connectivity index (χ3v) is 2.89. The fraction of sp³-hybridized carbons (Fsp3) is 0.429. The van der Waals surface area contributed by atoms with Crippen LogP contribution in [0.1, 0.15) is 32.6 Å². The second-order valence-electron chi connectivity index (χ2n) is 5.48. The van der Waals surface area contributed by atoms with Gasteiger partial charge in [0.15, 0.2) is 0 Å². The molecule has 0 fully saturated rings. The summed E-state index contributed by atoms with van der Waals surface area (Å²) in [4.78, 5) is 0. The van der Waals surface area contributed by atoms with E-state index in [1.807, 2.05) is 18.2 Å². The van der Waals surface area contributed by atoms with Crippen molar-refractivity contribution in [3.8, 4) is 0 Å². The molecule has 2 aromatic rings. The molecule has 1 aromatic carbocycles. The van der Waals surface area contributed by atoms with E-state index in [0.29, 0.717) is 17.3 Å². The molecule has 0 aliphatic carbocycles. The Morgan fingerprint density at radius 2 is 2.06 bits per heavy atom. The van der Waals surface area contributed by atoms with Gasteiger partial charge in [0.1, 0.15) is 17.4 Å². The normalized spacial score (nSPS) is 14.1. The molecule has 0 bridgehead atoms. The van der Waals surface area contributed by atoms with Crippen molar-refractivity contribution in [2.24, 2.45) is 0 Å². The van der Waals surface area contributed by atoms with Crippen molar-refractivity contribution in [2.75, 3.05) is 6.54 Å². The van der Waals surface area contributed by atoms with Crippen LogP contribution >= 0.6 is 11.6 Å². The molecule has 0 radical (unpaired) electrons. The Morgan fingerprint density at radius 1 is 1.33 bits per heavy atom. The molecule has 98 valence electrons. The molecule has 1 atom stereocenters. The Balaban J connectivity index is 2.15. The zero-order valence-electron chi connectivity index (χ0n) is 10.8. The third-order valence-electron chi connectivity index (χ3n) is 2.65. The number of rotatable bonds is 3. The summed E-state index contributed by atoms with van der Waals surface area (Å²) in [5.41, 5.74) is 0.709. The van der Waals surface area contributed by atoms with Crippen LogP contribution in [-0.2, 0) is 0 Å².